The second-order valence-electron chi connectivity index (χ2n) is 2.85. The van der Waals surface area contributed by atoms with Crippen molar-refractivity contribution in [2.75, 3.05) is 0 Å². The zero-order valence-corrected chi connectivity index (χ0v) is 7.85. The molecule has 2 nitrogen and oxygen atoms in total. The minimum atomic E-state index is -0.439. The molecule has 0 aliphatic rings. The van der Waals surface area contributed by atoms with Crippen LogP contribution in [0.3, 0.4) is 0 Å². The van der Waals surface area contributed by atoms with Crippen LogP contribution in [0.15, 0.2) is 35.5 Å². The molecule has 0 aromatic rings. The van der Waals surface area contributed by atoms with Crippen molar-refractivity contribution >= 4 is 5.91 Å². The van der Waals surface area contributed by atoms with Gasteiger partial charge in [0.25, 0.3) is 0 Å². The highest BCUT2D eigenvalue weighted by Gasteiger charge is 1.99. The summed E-state index contributed by atoms with van der Waals surface area (Å²) in [5, 5.41) is 0. The monoisotopic (exact) mass is 167 g/mol. The number of allylic oxidation sites excluding steroid dienone is 3. The van der Waals surface area contributed by atoms with Gasteiger partial charge >= 0.3 is 0 Å². The number of nitrogens with two attached hydrogens (primary N) is 1. The highest BCUT2D eigenvalue weighted by molar-refractivity contribution is 5.95. The molecule has 0 fully saturated rings. The topological polar surface area (TPSA) is 43.1 Å². The standard InChI is InChI=1S/C10H15NO.H2/c1-5-9(10(11)12)6-8(4)7(2)3;/h5-6H,1H2,2-4H3,(H2,11,12);1H/b9-6-;. The Morgan fingerprint density at radius 2 is 1.92 bits per heavy atom. The SMILES string of the molecule is C=C/C(=C/C(C)=C(C)C)C(N)=O.[HH]. The Bertz CT molecular complexity index is 260. The lowest BCUT2D eigenvalue weighted by atomic mass is 10.1. The molecule has 0 spiro atoms. The molecule has 0 radical (unpaired) electrons. The van der Waals surface area contributed by atoms with Gasteiger partial charge in [0.1, 0.15) is 0 Å². The summed E-state index contributed by atoms with van der Waals surface area (Å²) in [6.07, 6.45) is 3.21. The first-order chi connectivity index (χ1) is 5.49. The van der Waals surface area contributed by atoms with E-state index in [0.29, 0.717) is 5.57 Å². The summed E-state index contributed by atoms with van der Waals surface area (Å²) in [6.45, 7) is 9.39. The molecule has 0 aromatic carbocycles. The minimum Gasteiger partial charge on any atom is -0.366 e. The summed E-state index contributed by atoms with van der Waals surface area (Å²) in [4.78, 5) is 10.7. The largest absolute Gasteiger partial charge is 0.366 e. The summed E-state index contributed by atoms with van der Waals surface area (Å²) in [5.41, 5.74) is 7.75. The molecule has 1 amide bonds. The third-order valence-corrected chi connectivity index (χ3v) is 1.67. The van der Waals surface area contributed by atoms with E-state index < -0.39 is 5.91 Å². The first kappa shape index (κ1) is 10.7. The molecule has 0 unspecified atom stereocenters. The molecule has 0 aromatic heterocycles. The number of carbonyl (C=O) groups excluding carboxylic acids is 1. The Balaban J connectivity index is 0. The van der Waals surface area contributed by atoms with Gasteiger partial charge in [-0.3, -0.25) is 4.79 Å². The van der Waals surface area contributed by atoms with Crippen LogP contribution >= 0.6 is 0 Å². The summed E-state index contributed by atoms with van der Waals surface area (Å²) in [6, 6.07) is 0. The first-order valence-electron chi connectivity index (χ1n) is 3.77. The van der Waals surface area contributed by atoms with Crippen molar-refractivity contribution in [1.82, 2.24) is 0 Å². The molecule has 2 heteroatoms. The van der Waals surface area contributed by atoms with Crippen LogP contribution in [0.5, 0.6) is 0 Å². The van der Waals surface area contributed by atoms with Crippen molar-refractivity contribution in [1.29, 1.82) is 0 Å². The molecule has 0 bridgehead atoms. The number of carbonyl (C=O) groups is 1. The molecule has 0 aliphatic heterocycles. The Hall–Kier alpha value is -1.31. The average molecular weight is 167 g/mol. The van der Waals surface area contributed by atoms with Gasteiger partial charge in [-0.25, -0.2) is 0 Å². The van der Waals surface area contributed by atoms with E-state index in [-0.39, 0.29) is 1.43 Å². The van der Waals surface area contributed by atoms with E-state index >= 15 is 0 Å². The minimum absolute atomic E-state index is 0. The Morgan fingerprint density at radius 3 is 2.17 bits per heavy atom. The molecule has 0 heterocycles. The molecule has 0 saturated carbocycles. The number of amides is 1. The Labute approximate surface area is 74.9 Å². The van der Waals surface area contributed by atoms with Crippen LogP contribution in [0.1, 0.15) is 22.2 Å². The van der Waals surface area contributed by atoms with Crippen LogP contribution in [0.4, 0.5) is 0 Å². The molecule has 12 heavy (non-hydrogen) atoms. The zero-order chi connectivity index (χ0) is 9.72. The maximum atomic E-state index is 10.7. The maximum Gasteiger partial charge on any atom is 0.248 e. The lowest BCUT2D eigenvalue weighted by molar-refractivity contribution is -0.114. The van der Waals surface area contributed by atoms with E-state index in [4.69, 9.17) is 5.73 Å². The molecule has 68 valence electrons. The second-order valence-corrected chi connectivity index (χ2v) is 2.85. The fourth-order valence-electron chi connectivity index (χ4n) is 0.608. The van der Waals surface area contributed by atoms with Crippen LogP contribution in [-0.2, 0) is 4.79 Å². The highest BCUT2D eigenvalue weighted by atomic mass is 16.1. The Kier molecular flexibility index (Phi) is 4.05. The fourth-order valence-corrected chi connectivity index (χ4v) is 0.608. The van der Waals surface area contributed by atoms with E-state index in [2.05, 4.69) is 6.58 Å². The summed E-state index contributed by atoms with van der Waals surface area (Å²) in [7, 11) is 0. The molecule has 0 rings (SSSR count). The lowest BCUT2D eigenvalue weighted by Gasteiger charge is -1.98. The van der Waals surface area contributed by atoms with E-state index in [1.807, 2.05) is 20.8 Å². The van der Waals surface area contributed by atoms with Crippen LogP contribution < -0.4 is 5.73 Å². The molecule has 0 atom stereocenters. The van der Waals surface area contributed by atoms with Crippen LogP contribution in [-0.4, -0.2) is 5.91 Å². The van der Waals surface area contributed by atoms with Gasteiger partial charge in [0.15, 0.2) is 0 Å². The normalized spacial score (nSPS) is 10.8. The van der Waals surface area contributed by atoms with Crippen molar-refractivity contribution in [3.05, 3.63) is 35.5 Å². The molecule has 0 aliphatic carbocycles. The summed E-state index contributed by atoms with van der Waals surface area (Å²) < 4.78 is 0. The smallest absolute Gasteiger partial charge is 0.248 e. The number of rotatable bonds is 3. The number of hydrogen-bond donors (Lipinski definition) is 1. The van der Waals surface area contributed by atoms with Crippen LogP contribution in [0, 0.1) is 0 Å². The lowest BCUT2D eigenvalue weighted by Crippen LogP contribution is -2.12. The number of hydrogen-bond acceptors (Lipinski definition) is 1. The highest BCUT2D eigenvalue weighted by Crippen LogP contribution is 2.07. The van der Waals surface area contributed by atoms with Crippen molar-refractivity contribution in [2.45, 2.75) is 20.8 Å². The predicted octanol–water partition coefficient (Wildman–Crippen LogP) is 2.19. The maximum absolute atomic E-state index is 10.7. The molecular weight excluding hydrogens is 150 g/mol. The Morgan fingerprint density at radius 1 is 1.42 bits per heavy atom. The van der Waals surface area contributed by atoms with Crippen molar-refractivity contribution in [3.8, 4) is 0 Å². The molecule has 2 N–H and O–H groups in total. The van der Waals surface area contributed by atoms with Crippen molar-refractivity contribution in [2.24, 2.45) is 5.73 Å². The zero-order valence-electron chi connectivity index (χ0n) is 7.85. The van der Waals surface area contributed by atoms with Gasteiger partial charge in [-0.1, -0.05) is 23.8 Å². The quantitative estimate of drug-likeness (QED) is 0.508. The van der Waals surface area contributed by atoms with Gasteiger partial charge in [-0.15, -0.1) is 0 Å². The third-order valence-electron chi connectivity index (χ3n) is 1.67. The van der Waals surface area contributed by atoms with Crippen LogP contribution in [0.2, 0.25) is 0 Å². The van der Waals surface area contributed by atoms with Crippen molar-refractivity contribution in [3.63, 3.8) is 0 Å². The van der Waals surface area contributed by atoms with Crippen molar-refractivity contribution < 1.29 is 6.22 Å². The summed E-state index contributed by atoms with van der Waals surface area (Å²) >= 11 is 0. The fraction of sp³-hybridized carbons (Fsp3) is 0.300. The van der Waals surface area contributed by atoms with Gasteiger partial charge in [-0.2, -0.15) is 0 Å². The molecule has 0 saturated heterocycles. The molecular formula is C10H17NO. The third kappa shape index (κ3) is 3.19. The van der Waals surface area contributed by atoms with Crippen LogP contribution in [0.25, 0.3) is 0 Å². The predicted molar refractivity (Wildman–Crippen MR) is 53.6 cm³/mol. The van der Waals surface area contributed by atoms with E-state index in [1.165, 1.54) is 6.08 Å². The van der Waals surface area contributed by atoms with Gasteiger partial charge in [0, 0.05) is 7.00 Å². The number of primary amides is 1. The van der Waals surface area contributed by atoms with E-state index in [9.17, 15) is 4.79 Å². The second kappa shape index (κ2) is 4.54. The van der Waals surface area contributed by atoms with E-state index in [1.54, 1.807) is 6.08 Å². The van der Waals surface area contributed by atoms with Gasteiger partial charge in [0.2, 0.25) is 5.91 Å². The van der Waals surface area contributed by atoms with E-state index in [0.717, 1.165) is 11.1 Å². The van der Waals surface area contributed by atoms with Gasteiger partial charge in [0.05, 0.1) is 0 Å². The van der Waals surface area contributed by atoms with Gasteiger partial charge < -0.3 is 5.73 Å². The summed E-state index contributed by atoms with van der Waals surface area (Å²) in [5.74, 6) is -0.439. The average Bonchev–Trinajstić information content (AvgIpc) is 1.98. The van der Waals surface area contributed by atoms with Gasteiger partial charge in [-0.05, 0) is 26.8 Å². The first-order valence-corrected chi connectivity index (χ1v) is 3.77.